The number of nitrogens with one attached hydrogen (secondary N) is 1. The first-order chi connectivity index (χ1) is 15.7. The number of halogens is 3. The smallest absolute Gasteiger partial charge is 0.443 e. The Kier molecular flexibility index (Phi) is 6.15. The average molecular weight is 485 g/mol. The largest absolute Gasteiger partial charge is 0.573 e. The first-order valence-electron chi connectivity index (χ1n) is 9.24. The highest BCUT2D eigenvalue weighted by Gasteiger charge is 2.31. The molecule has 0 aliphatic carbocycles. The zero-order valence-electron chi connectivity index (χ0n) is 16.4. The number of nitrogens with zero attached hydrogens (tertiary/aromatic N) is 4. The van der Waals surface area contributed by atoms with Gasteiger partial charge in [0.15, 0.2) is 5.13 Å². The zero-order chi connectivity index (χ0) is 23.6. The molecule has 4 rings (SSSR count). The first-order valence-corrected chi connectivity index (χ1v) is 10.1. The summed E-state index contributed by atoms with van der Waals surface area (Å²) in [6.07, 6.45) is -4.06. The molecule has 1 amide bonds. The maximum atomic E-state index is 12.2. The number of anilines is 1. The minimum atomic E-state index is -4.77. The van der Waals surface area contributed by atoms with Gasteiger partial charge in [0.05, 0.1) is 12.2 Å². The zero-order valence-corrected chi connectivity index (χ0v) is 17.3. The van der Waals surface area contributed by atoms with Crippen molar-refractivity contribution in [3.8, 4) is 23.0 Å². The monoisotopic (exact) mass is 485 g/mol. The van der Waals surface area contributed by atoms with Crippen LogP contribution in [0.1, 0.15) is 0 Å². The summed E-state index contributed by atoms with van der Waals surface area (Å²) < 4.78 is 52.8. The Morgan fingerprint density at radius 2 is 2.09 bits per heavy atom. The summed E-state index contributed by atoms with van der Waals surface area (Å²) in [6, 6.07) is 5.28. The number of hydrogen-bond donors (Lipinski definition) is 1. The van der Waals surface area contributed by atoms with E-state index in [1.54, 1.807) is 5.38 Å². The molecule has 1 aromatic carbocycles. The Balaban J connectivity index is 1.28. The highest BCUT2D eigenvalue weighted by molar-refractivity contribution is 7.14. The number of hydrogen-bond acceptors (Lipinski definition) is 9. The third-order valence-corrected chi connectivity index (χ3v) is 5.05. The number of fused-ring (bicyclic) bond motifs is 1. The number of nitro groups is 1. The van der Waals surface area contributed by atoms with Crippen LogP contribution in [0.2, 0.25) is 0 Å². The van der Waals surface area contributed by atoms with Gasteiger partial charge in [-0.1, -0.05) is 0 Å². The number of amides is 1. The van der Waals surface area contributed by atoms with Crippen LogP contribution in [0.4, 0.5) is 24.1 Å². The van der Waals surface area contributed by atoms with Crippen LogP contribution in [-0.4, -0.2) is 51.0 Å². The minimum absolute atomic E-state index is 0.0803. The Bertz CT molecular complexity index is 1160. The third-order valence-electron chi connectivity index (χ3n) is 4.30. The maximum absolute atomic E-state index is 12.2. The quantitative estimate of drug-likeness (QED) is 0.399. The summed E-state index contributed by atoms with van der Waals surface area (Å²) in [7, 11) is 0. The number of imidazole rings is 1. The molecular weight excluding hydrogens is 471 g/mol. The molecule has 1 aliphatic heterocycles. The average Bonchev–Trinajstić information content (AvgIpc) is 3.38. The van der Waals surface area contributed by atoms with Crippen molar-refractivity contribution in [3.05, 3.63) is 46.0 Å². The van der Waals surface area contributed by atoms with E-state index in [4.69, 9.17) is 9.47 Å². The van der Waals surface area contributed by atoms with E-state index in [0.717, 1.165) is 11.3 Å². The molecular formula is C18H14F3N5O6S. The number of alkyl halides is 3. The van der Waals surface area contributed by atoms with Crippen LogP contribution in [0.15, 0.2) is 35.8 Å². The van der Waals surface area contributed by atoms with Gasteiger partial charge in [-0.2, -0.15) is 0 Å². The fourth-order valence-electron chi connectivity index (χ4n) is 2.90. The highest BCUT2D eigenvalue weighted by Crippen LogP contribution is 2.29. The Morgan fingerprint density at radius 1 is 1.33 bits per heavy atom. The lowest BCUT2D eigenvalue weighted by atomic mass is 10.2. The van der Waals surface area contributed by atoms with Crippen LogP contribution < -0.4 is 14.8 Å². The second-order valence-electron chi connectivity index (χ2n) is 6.69. The van der Waals surface area contributed by atoms with E-state index in [2.05, 4.69) is 20.0 Å². The van der Waals surface area contributed by atoms with Gasteiger partial charge in [0.1, 0.15) is 31.3 Å². The standard InChI is InChI=1S/C18H14F3N5O6S/c19-18(20,21)32-11-3-1-10(2-4-11)13-9-33-16(22-13)24-15(27)8-30-12-5-25-6-14(26(28)29)23-17(25)31-7-12/h1-4,6,9,12H,5,7-8H2,(H,22,24,27)/t12-/m0/s1. The van der Waals surface area contributed by atoms with Crippen molar-refractivity contribution in [2.24, 2.45) is 0 Å². The van der Waals surface area contributed by atoms with Crippen molar-refractivity contribution in [2.45, 2.75) is 19.0 Å². The van der Waals surface area contributed by atoms with Gasteiger partial charge in [-0.3, -0.25) is 14.7 Å². The van der Waals surface area contributed by atoms with Crippen molar-refractivity contribution in [1.29, 1.82) is 0 Å². The molecule has 0 spiro atoms. The van der Waals surface area contributed by atoms with Gasteiger partial charge < -0.3 is 24.3 Å². The molecule has 1 atom stereocenters. The normalized spacial score (nSPS) is 15.4. The molecule has 0 bridgehead atoms. The molecule has 174 valence electrons. The summed E-state index contributed by atoms with van der Waals surface area (Å²) in [5, 5.41) is 15.3. The fraction of sp³-hybridized carbons (Fsp3) is 0.278. The van der Waals surface area contributed by atoms with Crippen molar-refractivity contribution < 1.29 is 37.1 Å². The second kappa shape index (κ2) is 9.03. The maximum Gasteiger partial charge on any atom is 0.573 e. The number of aromatic nitrogens is 3. The summed E-state index contributed by atoms with van der Waals surface area (Å²) >= 11 is 1.13. The van der Waals surface area contributed by atoms with Gasteiger partial charge in [0.25, 0.3) is 5.91 Å². The van der Waals surface area contributed by atoms with Gasteiger partial charge in [0.2, 0.25) is 0 Å². The van der Waals surface area contributed by atoms with E-state index < -0.39 is 23.3 Å². The molecule has 3 aromatic rings. The minimum Gasteiger partial charge on any atom is -0.443 e. The molecule has 0 saturated heterocycles. The fourth-order valence-corrected chi connectivity index (χ4v) is 3.64. The number of carbonyl (C=O) groups excluding carboxylic acids is 1. The SMILES string of the molecule is O=C(CO[C@@H]1COc2nc([N+](=O)[O-])cn2C1)Nc1nc(-c2ccc(OC(F)(F)F)cc2)cs1. The summed E-state index contributed by atoms with van der Waals surface area (Å²) in [5.74, 6) is -1.17. The van der Waals surface area contributed by atoms with E-state index in [9.17, 15) is 28.1 Å². The van der Waals surface area contributed by atoms with Gasteiger partial charge in [-0.15, -0.1) is 24.5 Å². The van der Waals surface area contributed by atoms with Crippen LogP contribution in [0.25, 0.3) is 11.3 Å². The number of ether oxygens (including phenoxy) is 3. The Labute approximate surface area is 186 Å². The van der Waals surface area contributed by atoms with Crippen LogP contribution >= 0.6 is 11.3 Å². The molecule has 0 saturated carbocycles. The summed E-state index contributed by atoms with van der Waals surface area (Å²) in [6.45, 7) is 0.00827. The highest BCUT2D eigenvalue weighted by atomic mass is 32.1. The second-order valence-corrected chi connectivity index (χ2v) is 7.55. The molecule has 3 heterocycles. The lowest BCUT2D eigenvalue weighted by Crippen LogP contribution is -2.34. The molecule has 2 aromatic heterocycles. The summed E-state index contributed by atoms with van der Waals surface area (Å²) in [5.41, 5.74) is 1.01. The number of thiazole rings is 1. The van der Waals surface area contributed by atoms with Crippen molar-refractivity contribution in [3.63, 3.8) is 0 Å². The van der Waals surface area contributed by atoms with Gasteiger partial charge in [-0.25, -0.2) is 4.98 Å². The van der Waals surface area contributed by atoms with Crippen molar-refractivity contribution in [2.75, 3.05) is 18.5 Å². The van der Waals surface area contributed by atoms with Crippen LogP contribution in [0.5, 0.6) is 11.8 Å². The predicted octanol–water partition coefficient (Wildman–Crippen LogP) is 3.23. The Morgan fingerprint density at radius 3 is 2.79 bits per heavy atom. The van der Waals surface area contributed by atoms with E-state index in [0.29, 0.717) is 11.3 Å². The predicted molar refractivity (Wildman–Crippen MR) is 107 cm³/mol. The van der Waals surface area contributed by atoms with Crippen molar-refractivity contribution in [1.82, 2.24) is 14.5 Å². The topological polar surface area (TPSA) is 131 Å². The van der Waals surface area contributed by atoms with Crippen LogP contribution in [0.3, 0.4) is 0 Å². The Hall–Kier alpha value is -3.72. The molecule has 15 heteroatoms. The number of rotatable bonds is 7. The summed E-state index contributed by atoms with van der Waals surface area (Å²) in [4.78, 5) is 30.3. The van der Waals surface area contributed by atoms with E-state index in [-0.39, 0.29) is 42.5 Å². The van der Waals surface area contributed by atoms with E-state index in [1.807, 2.05) is 0 Å². The van der Waals surface area contributed by atoms with Gasteiger partial charge >= 0.3 is 18.2 Å². The molecule has 33 heavy (non-hydrogen) atoms. The van der Waals surface area contributed by atoms with Gasteiger partial charge in [-0.05, 0) is 29.2 Å². The van der Waals surface area contributed by atoms with Crippen LogP contribution in [0, 0.1) is 10.1 Å². The lowest BCUT2D eigenvalue weighted by Gasteiger charge is -2.21. The van der Waals surface area contributed by atoms with E-state index >= 15 is 0 Å². The van der Waals surface area contributed by atoms with Crippen LogP contribution in [-0.2, 0) is 16.1 Å². The lowest BCUT2D eigenvalue weighted by molar-refractivity contribution is -0.389. The molecule has 1 aliphatic rings. The number of benzene rings is 1. The molecule has 0 unspecified atom stereocenters. The first kappa shape index (κ1) is 22.5. The molecule has 1 N–H and O–H groups in total. The van der Waals surface area contributed by atoms with Crippen molar-refractivity contribution >= 4 is 28.2 Å². The third kappa shape index (κ3) is 5.75. The number of carbonyl (C=O) groups is 1. The molecule has 11 nitrogen and oxygen atoms in total. The van der Waals surface area contributed by atoms with Gasteiger partial charge in [0, 0.05) is 15.9 Å². The van der Waals surface area contributed by atoms with E-state index in [1.165, 1.54) is 35.0 Å². The molecule has 0 fully saturated rings. The molecule has 0 radical (unpaired) electrons.